The number of rotatable bonds is 16. The van der Waals surface area contributed by atoms with Crippen molar-refractivity contribution in [3.05, 3.63) is 132 Å². The molecule has 2 heteroatoms. The molecule has 0 radical (unpaired) electrons. The molecule has 3 rings (SSSR count). The van der Waals surface area contributed by atoms with E-state index in [1.807, 2.05) is 60.7 Å². The van der Waals surface area contributed by atoms with Crippen LogP contribution in [0, 0.1) is 0 Å². The Labute approximate surface area is 218 Å². The summed E-state index contributed by atoms with van der Waals surface area (Å²) in [6, 6.07) is 30.7. The normalized spacial score (nSPS) is 13.5. The van der Waals surface area contributed by atoms with Crippen molar-refractivity contribution in [2.45, 2.75) is 76.1 Å². The lowest BCUT2D eigenvalue weighted by molar-refractivity contribution is -0.0656. The Kier molecular flexibility index (Phi) is 11.7. The van der Waals surface area contributed by atoms with E-state index in [1.165, 1.54) is 38.5 Å². The number of hydrogen-bond donors (Lipinski definition) is 1. The summed E-state index contributed by atoms with van der Waals surface area (Å²) in [5.74, 6) is 0. The maximum Gasteiger partial charge on any atom is 0.144 e. The van der Waals surface area contributed by atoms with Crippen LogP contribution in [0.1, 0.15) is 75.0 Å². The second-order valence-corrected chi connectivity index (χ2v) is 9.43. The number of benzene rings is 3. The fourth-order valence-electron chi connectivity index (χ4n) is 4.75. The average Bonchev–Trinajstić information content (AvgIpc) is 2.94. The average molecular weight is 483 g/mol. The first kappa shape index (κ1) is 27.6. The van der Waals surface area contributed by atoms with Gasteiger partial charge in [-0.25, -0.2) is 0 Å². The quantitative estimate of drug-likeness (QED) is 0.126. The van der Waals surface area contributed by atoms with E-state index in [0.29, 0.717) is 0 Å². The van der Waals surface area contributed by atoms with Crippen molar-refractivity contribution in [2.75, 3.05) is 0 Å². The van der Waals surface area contributed by atoms with Gasteiger partial charge in [-0.15, -0.1) is 6.58 Å². The number of allylic oxidation sites excluding steroid dienone is 1. The van der Waals surface area contributed by atoms with E-state index in [2.05, 4.69) is 56.0 Å². The Morgan fingerprint density at radius 2 is 1.17 bits per heavy atom. The molecule has 36 heavy (non-hydrogen) atoms. The molecule has 0 aromatic heterocycles. The lowest BCUT2D eigenvalue weighted by Gasteiger charge is -2.39. The lowest BCUT2D eigenvalue weighted by atomic mass is 9.79. The Morgan fingerprint density at radius 3 is 1.61 bits per heavy atom. The summed E-state index contributed by atoms with van der Waals surface area (Å²) in [5.41, 5.74) is 2.13. The SMILES string of the molecule is C=C[C@H](OC(c1ccccc1)(c1ccccc1)c1ccccc1)[C@@H](O)/C=C/CCCCCCCCC. The molecule has 0 bridgehead atoms. The number of hydrogen-bond acceptors (Lipinski definition) is 2. The van der Waals surface area contributed by atoms with Gasteiger partial charge < -0.3 is 9.84 Å². The molecular weight excluding hydrogens is 440 g/mol. The largest absolute Gasteiger partial charge is 0.386 e. The zero-order valence-corrected chi connectivity index (χ0v) is 21.8. The van der Waals surface area contributed by atoms with Gasteiger partial charge in [0.2, 0.25) is 0 Å². The van der Waals surface area contributed by atoms with E-state index in [1.54, 1.807) is 6.08 Å². The van der Waals surface area contributed by atoms with Crippen LogP contribution >= 0.6 is 0 Å². The van der Waals surface area contributed by atoms with E-state index in [9.17, 15) is 5.11 Å². The molecule has 0 unspecified atom stereocenters. The topological polar surface area (TPSA) is 29.5 Å². The van der Waals surface area contributed by atoms with Gasteiger partial charge in [-0.1, -0.05) is 155 Å². The van der Waals surface area contributed by atoms with Crippen LogP contribution in [-0.4, -0.2) is 17.3 Å². The highest BCUT2D eigenvalue weighted by molar-refractivity contribution is 5.47. The van der Waals surface area contributed by atoms with Crippen LogP contribution in [0.3, 0.4) is 0 Å². The van der Waals surface area contributed by atoms with Gasteiger partial charge in [-0.05, 0) is 29.5 Å². The fourth-order valence-corrected chi connectivity index (χ4v) is 4.75. The zero-order valence-electron chi connectivity index (χ0n) is 21.8. The number of ether oxygens (including phenoxy) is 1. The molecule has 2 atom stereocenters. The first-order valence-corrected chi connectivity index (χ1v) is 13.5. The summed E-state index contributed by atoms with van der Waals surface area (Å²) in [4.78, 5) is 0. The van der Waals surface area contributed by atoms with Gasteiger partial charge in [0.25, 0.3) is 0 Å². The standard InChI is InChI=1S/C34H42O2/c1-3-5-6-7-8-9-10-11-21-28-32(35)33(4-2)36-34(29-22-15-12-16-23-29,30-24-17-13-18-25-30)31-26-19-14-20-27-31/h4,12-28,32-33,35H,2-3,5-11H2,1H3/b28-21+/t32-,33-/m0/s1. The summed E-state index contributed by atoms with van der Waals surface area (Å²) in [6.07, 6.45) is 14.2. The third kappa shape index (κ3) is 7.53. The minimum atomic E-state index is -0.893. The van der Waals surface area contributed by atoms with Crippen LogP contribution < -0.4 is 0 Å². The van der Waals surface area contributed by atoms with E-state index in [4.69, 9.17) is 4.74 Å². The summed E-state index contributed by atoms with van der Waals surface area (Å²) in [7, 11) is 0. The minimum absolute atomic E-state index is 0.587. The molecule has 3 aromatic carbocycles. The summed E-state index contributed by atoms with van der Waals surface area (Å²) in [6.45, 7) is 6.27. The third-order valence-corrected chi connectivity index (χ3v) is 6.73. The first-order valence-electron chi connectivity index (χ1n) is 13.5. The highest BCUT2D eigenvalue weighted by Crippen LogP contribution is 2.41. The molecule has 0 saturated heterocycles. The van der Waals surface area contributed by atoms with Gasteiger partial charge in [0, 0.05) is 0 Å². The van der Waals surface area contributed by atoms with Gasteiger partial charge in [-0.2, -0.15) is 0 Å². The summed E-state index contributed by atoms with van der Waals surface area (Å²) < 4.78 is 6.92. The molecule has 2 nitrogen and oxygen atoms in total. The van der Waals surface area contributed by atoms with Crippen LogP contribution in [0.4, 0.5) is 0 Å². The molecule has 0 aliphatic rings. The van der Waals surface area contributed by atoms with Gasteiger partial charge in [0.05, 0.1) is 0 Å². The van der Waals surface area contributed by atoms with Gasteiger partial charge in [0.15, 0.2) is 0 Å². The van der Waals surface area contributed by atoms with Crippen molar-refractivity contribution >= 4 is 0 Å². The van der Waals surface area contributed by atoms with Gasteiger partial charge >= 0.3 is 0 Å². The van der Waals surface area contributed by atoms with Crippen molar-refractivity contribution in [2.24, 2.45) is 0 Å². The molecule has 3 aromatic rings. The van der Waals surface area contributed by atoms with Crippen LogP contribution in [-0.2, 0) is 10.3 Å². The Balaban J connectivity index is 1.81. The summed E-state index contributed by atoms with van der Waals surface area (Å²) >= 11 is 0. The number of unbranched alkanes of at least 4 members (excludes halogenated alkanes) is 7. The van der Waals surface area contributed by atoms with E-state index >= 15 is 0 Å². The van der Waals surface area contributed by atoms with Crippen LogP contribution in [0.15, 0.2) is 116 Å². The number of aliphatic hydroxyl groups is 1. The van der Waals surface area contributed by atoms with E-state index in [0.717, 1.165) is 29.5 Å². The summed E-state index contributed by atoms with van der Waals surface area (Å²) in [5, 5.41) is 11.1. The van der Waals surface area contributed by atoms with Crippen LogP contribution in [0.2, 0.25) is 0 Å². The molecule has 1 N–H and O–H groups in total. The Bertz CT molecular complexity index is 914. The van der Waals surface area contributed by atoms with Gasteiger partial charge in [0.1, 0.15) is 17.8 Å². The second-order valence-electron chi connectivity index (χ2n) is 9.43. The van der Waals surface area contributed by atoms with Crippen molar-refractivity contribution < 1.29 is 9.84 Å². The maximum absolute atomic E-state index is 11.1. The van der Waals surface area contributed by atoms with E-state index in [-0.39, 0.29) is 0 Å². The van der Waals surface area contributed by atoms with E-state index < -0.39 is 17.8 Å². The zero-order chi connectivity index (χ0) is 25.5. The molecule has 0 fully saturated rings. The molecule has 0 spiro atoms. The van der Waals surface area contributed by atoms with Crippen LogP contribution in [0.25, 0.3) is 0 Å². The predicted octanol–water partition coefficient (Wildman–Crippen LogP) is 8.61. The highest BCUT2D eigenvalue weighted by Gasteiger charge is 2.40. The molecule has 190 valence electrons. The molecule has 0 amide bonds. The third-order valence-electron chi connectivity index (χ3n) is 6.73. The Hall–Kier alpha value is -2.94. The molecular formula is C34H42O2. The fraction of sp³-hybridized carbons (Fsp3) is 0.353. The lowest BCUT2D eigenvalue weighted by Crippen LogP contribution is -2.40. The smallest absolute Gasteiger partial charge is 0.144 e. The monoisotopic (exact) mass is 482 g/mol. The first-order chi connectivity index (χ1) is 17.7. The van der Waals surface area contributed by atoms with Crippen molar-refractivity contribution in [3.63, 3.8) is 0 Å². The molecule has 0 heterocycles. The number of aliphatic hydroxyl groups excluding tert-OH is 1. The van der Waals surface area contributed by atoms with Crippen molar-refractivity contribution in [1.82, 2.24) is 0 Å². The minimum Gasteiger partial charge on any atom is -0.386 e. The predicted molar refractivity (Wildman–Crippen MR) is 152 cm³/mol. The van der Waals surface area contributed by atoms with Crippen molar-refractivity contribution in [1.29, 1.82) is 0 Å². The van der Waals surface area contributed by atoms with Crippen LogP contribution in [0.5, 0.6) is 0 Å². The van der Waals surface area contributed by atoms with Gasteiger partial charge in [-0.3, -0.25) is 0 Å². The molecule has 0 aliphatic carbocycles. The maximum atomic E-state index is 11.1. The highest BCUT2D eigenvalue weighted by atomic mass is 16.5. The molecule has 0 aliphatic heterocycles. The molecule has 0 saturated carbocycles. The Morgan fingerprint density at radius 1 is 0.722 bits per heavy atom. The van der Waals surface area contributed by atoms with Crippen molar-refractivity contribution in [3.8, 4) is 0 Å². The second kappa shape index (κ2) is 15.2.